The summed E-state index contributed by atoms with van der Waals surface area (Å²) in [6.45, 7) is 4.31. The van der Waals surface area contributed by atoms with Crippen molar-refractivity contribution in [3.8, 4) is 0 Å². The highest BCUT2D eigenvalue weighted by Crippen LogP contribution is 2.26. The number of aryl methyl sites for hydroxylation is 2. The Labute approximate surface area is 130 Å². The highest BCUT2D eigenvalue weighted by molar-refractivity contribution is 7.89. The van der Waals surface area contributed by atoms with E-state index in [-0.39, 0.29) is 16.5 Å². The largest absolute Gasteiger partial charge is 0.275 e. The van der Waals surface area contributed by atoms with Crippen molar-refractivity contribution in [1.29, 1.82) is 0 Å². The molecule has 1 aromatic heterocycles. The van der Waals surface area contributed by atoms with Gasteiger partial charge in [-0.15, -0.1) is 0 Å². The molecule has 5 nitrogen and oxygen atoms in total. The van der Waals surface area contributed by atoms with Crippen LogP contribution in [0.5, 0.6) is 0 Å². The lowest BCUT2D eigenvalue weighted by atomic mass is 10.2. The lowest BCUT2D eigenvalue weighted by molar-refractivity contribution is 0.423. The van der Waals surface area contributed by atoms with Gasteiger partial charge in [0.05, 0.1) is 11.2 Å². The normalized spacial score (nSPS) is 12.0. The second-order valence-electron chi connectivity index (χ2n) is 4.89. The number of aromatic nitrogens is 2. The molecule has 2 aromatic rings. The Morgan fingerprint density at radius 1 is 1.38 bits per heavy atom. The third-order valence-electron chi connectivity index (χ3n) is 3.18. The Kier molecular flexibility index (Phi) is 4.70. The standard InChI is InChI=1S/C14H18ClN3O2S/c1-4-18(10-12-8-16-17(3)9-12)21(19,20)14-6-5-11(2)7-13(14)15/h5-9H,4,10H2,1-3H3. The van der Waals surface area contributed by atoms with E-state index in [2.05, 4.69) is 5.10 Å². The molecule has 1 aromatic carbocycles. The number of rotatable bonds is 5. The number of halogens is 1. The van der Waals surface area contributed by atoms with Gasteiger partial charge >= 0.3 is 0 Å². The number of hydrogen-bond donors (Lipinski definition) is 0. The predicted octanol–water partition coefficient (Wildman–Crippen LogP) is 2.59. The van der Waals surface area contributed by atoms with Crippen LogP contribution in [-0.2, 0) is 23.6 Å². The molecule has 114 valence electrons. The number of benzene rings is 1. The van der Waals surface area contributed by atoms with Crippen molar-refractivity contribution in [2.75, 3.05) is 6.54 Å². The minimum Gasteiger partial charge on any atom is -0.275 e. The summed E-state index contributed by atoms with van der Waals surface area (Å²) in [7, 11) is -1.83. The van der Waals surface area contributed by atoms with Crippen LogP contribution in [0.2, 0.25) is 5.02 Å². The number of hydrogen-bond acceptors (Lipinski definition) is 3. The maximum absolute atomic E-state index is 12.7. The van der Waals surface area contributed by atoms with E-state index in [1.807, 2.05) is 6.92 Å². The van der Waals surface area contributed by atoms with E-state index in [4.69, 9.17) is 11.6 Å². The number of sulfonamides is 1. The molecule has 0 aliphatic carbocycles. The molecule has 0 saturated heterocycles. The van der Waals surface area contributed by atoms with Crippen LogP contribution in [0.15, 0.2) is 35.5 Å². The van der Waals surface area contributed by atoms with Crippen molar-refractivity contribution in [2.24, 2.45) is 7.05 Å². The Balaban J connectivity index is 2.35. The van der Waals surface area contributed by atoms with E-state index in [9.17, 15) is 8.42 Å². The molecule has 0 unspecified atom stereocenters. The van der Waals surface area contributed by atoms with Crippen molar-refractivity contribution in [2.45, 2.75) is 25.3 Å². The zero-order valence-electron chi connectivity index (χ0n) is 12.2. The SMILES string of the molecule is CCN(Cc1cnn(C)c1)S(=O)(=O)c1ccc(C)cc1Cl. The van der Waals surface area contributed by atoms with Crippen molar-refractivity contribution >= 4 is 21.6 Å². The van der Waals surface area contributed by atoms with Crippen molar-refractivity contribution < 1.29 is 8.42 Å². The van der Waals surface area contributed by atoms with Gasteiger partial charge in [-0.05, 0) is 24.6 Å². The zero-order valence-corrected chi connectivity index (χ0v) is 13.8. The summed E-state index contributed by atoms with van der Waals surface area (Å²) >= 11 is 6.10. The first-order valence-electron chi connectivity index (χ1n) is 6.58. The molecule has 0 atom stereocenters. The molecule has 0 saturated carbocycles. The summed E-state index contributed by atoms with van der Waals surface area (Å²) in [5.41, 5.74) is 1.76. The molecule has 0 fully saturated rings. The topological polar surface area (TPSA) is 55.2 Å². The third kappa shape index (κ3) is 3.45. The maximum atomic E-state index is 12.7. The van der Waals surface area contributed by atoms with Gasteiger partial charge in [0.1, 0.15) is 4.90 Å². The second kappa shape index (κ2) is 6.17. The van der Waals surface area contributed by atoms with E-state index < -0.39 is 10.0 Å². The van der Waals surface area contributed by atoms with E-state index in [0.717, 1.165) is 11.1 Å². The van der Waals surface area contributed by atoms with Gasteiger partial charge in [-0.3, -0.25) is 4.68 Å². The third-order valence-corrected chi connectivity index (χ3v) is 5.58. The van der Waals surface area contributed by atoms with Crippen molar-refractivity contribution in [3.63, 3.8) is 0 Å². The summed E-state index contributed by atoms with van der Waals surface area (Å²) in [5.74, 6) is 0. The first kappa shape index (κ1) is 16.0. The van der Waals surface area contributed by atoms with Gasteiger partial charge in [0.2, 0.25) is 10.0 Å². The van der Waals surface area contributed by atoms with Crippen LogP contribution in [0.4, 0.5) is 0 Å². The van der Waals surface area contributed by atoms with E-state index in [0.29, 0.717) is 6.54 Å². The van der Waals surface area contributed by atoms with Gasteiger partial charge in [0, 0.05) is 31.9 Å². The highest BCUT2D eigenvalue weighted by atomic mass is 35.5. The van der Waals surface area contributed by atoms with Crippen LogP contribution < -0.4 is 0 Å². The monoisotopic (exact) mass is 327 g/mol. The van der Waals surface area contributed by atoms with Crippen LogP contribution in [0.1, 0.15) is 18.1 Å². The van der Waals surface area contributed by atoms with Gasteiger partial charge in [0.15, 0.2) is 0 Å². The Bertz CT molecular complexity index is 740. The van der Waals surface area contributed by atoms with Gasteiger partial charge < -0.3 is 0 Å². The molecule has 0 radical (unpaired) electrons. The average Bonchev–Trinajstić information content (AvgIpc) is 2.80. The van der Waals surface area contributed by atoms with Crippen LogP contribution in [0.25, 0.3) is 0 Å². The molecule has 2 rings (SSSR count). The van der Waals surface area contributed by atoms with E-state index in [1.54, 1.807) is 49.2 Å². The first-order valence-corrected chi connectivity index (χ1v) is 8.40. The first-order chi connectivity index (χ1) is 9.84. The Morgan fingerprint density at radius 3 is 2.62 bits per heavy atom. The minimum absolute atomic E-state index is 0.139. The molecule has 0 spiro atoms. The fourth-order valence-corrected chi connectivity index (χ4v) is 4.09. The Hall–Kier alpha value is -1.37. The highest BCUT2D eigenvalue weighted by Gasteiger charge is 2.26. The zero-order chi connectivity index (χ0) is 15.6. The van der Waals surface area contributed by atoms with Gasteiger partial charge in [0.25, 0.3) is 0 Å². The van der Waals surface area contributed by atoms with Crippen LogP contribution in [-0.4, -0.2) is 29.0 Å². The summed E-state index contributed by atoms with van der Waals surface area (Å²) in [5, 5.41) is 4.31. The molecular formula is C14H18ClN3O2S. The molecule has 0 N–H and O–H groups in total. The maximum Gasteiger partial charge on any atom is 0.244 e. The predicted molar refractivity (Wildman–Crippen MR) is 82.7 cm³/mol. The molecule has 0 aliphatic heterocycles. The van der Waals surface area contributed by atoms with Gasteiger partial charge in [-0.1, -0.05) is 24.6 Å². The fraction of sp³-hybridized carbons (Fsp3) is 0.357. The molecule has 0 bridgehead atoms. The Morgan fingerprint density at radius 2 is 2.10 bits per heavy atom. The number of nitrogens with zero attached hydrogens (tertiary/aromatic N) is 3. The molecule has 7 heteroatoms. The molecule has 1 heterocycles. The van der Waals surface area contributed by atoms with Crippen molar-refractivity contribution in [1.82, 2.24) is 14.1 Å². The summed E-state index contributed by atoms with van der Waals surface area (Å²) < 4.78 is 28.5. The minimum atomic E-state index is -3.62. The smallest absolute Gasteiger partial charge is 0.244 e. The summed E-state index contributed by atoms with van der Waals surface area (Å²) in [6.07, 6.45) is 3.46. The van der Waals surface area contributed by atoms with Crippen molar-refractivity contribution in [3.05, 3.63) is 46.7 Å². The van der Waals surface area contributed by atoms with Crippen LogP contribution in [0, 0.1) is 6.92 Å². The molecule has 21 heavy (non-hydrogen) atoms. The molecular weight excluding hydrogens is 310 g/mol. The molecule has 0 amide bonds. The van der Waals surface area contributed by atoms with E-state index >= 15 is 0 Å². The summed E-state index contributed by atoms with van der Waals surface area (Å²) in [4.78, 5) is 0.139. The van der Waals surface area contributed by atoms with Crippen LogP contribution in [0.3, 0.4) is 0 Å². The lowest BCUT2D eigenvalue weighted by Gasteiger charge is -2.20. The van der Waals surface area contributed by atoms with Gasteiger partial charge in [-0.25, -0.2) is 8.42 Å². The molecule has 0 aliphatic rings. The fourth-order valence-electron chi connectivity index (χ4n) is 2.08. The van der Waals surface area contributed by atoms with E-state index in [1.165, 1.54) is 4.31 Å². The average molecular weight is 328 g/mol. The van der Waals surface area contributed by atoms with Gasteiger partial charge in [-0.2, -0.15) is 9.40 Å². The second-order valence-corrected chi connectivity index (χ2v) is 7.20. The summed E-state index contributed by atoms with van der Waals surface area (Å²) in [6, 6.07) is 4.96. The quantitative estimate of drug-likeness (QED) is 0.848. The van der Waals surface area contributed by atoms with Crippen LogP contribution >= 0.6 is 11.6 Å². The lowest BCUT2D eigenvalue weighted by Crippen LogP contribution is -2.30.